The van der Waals surface area contributed by atoms with Crippen LogP contribution < -0.4 is 5.11 Å². The Kier molecular flexibility index (Phi) is 3.24. The summed E-state index contributed by atoms with van der Waals surface area (Å²) >= 11 is 0. The highest BCUT2D eigenvalue weighted by Gasteiger charge is 2.02. The van der Waals surface area contributed by atoms with E-state index in [9.17, 15) is 9.90 Å². The quantitative estimate of drug-likeness (QED) is 0.489. The lowest BCUT2D eigenvalue weighted by atomic mass is 10.2. The zero-order valence-corrected chi connectivity index (χ0v) is 6.05. The standard InChI is InChI=1S/C6H13NO2/c1-5(6(8)9)4-7(2)3/h5H,4H2,1-3H3,(H,8,9)/p-1. The lowest BCUT2D eigenvalue weighted by Gasteiger charge is -2.16. The van der Waals surface area contributed by atoms with Gasteiger partial charge in [0.2, 0.25) is 0 Å². The molecule has 0 N–H and O–H groups in total. The number of hydrogen-bond donors (Lipinski definition) is 0. The monoisotopic (exact) mass is 130 g/mol. The number of carbonyl (C=O) groups is 1. The van der Waals surface area contributed by atoms with Gasteiger partial charge in [-0.05, 0) is 14.1 Å². The van der Waals surface area contributed by atoms with E-state index in [2.05, 4.69) is 0 Å². The van der Waals surface area contributed by atoms with Gasteiger partial charge < -0.3 is 14.8 Å². The molecule has 54 valence electrons. The Hall–Kier alpha value is -0.570. The summed E-state index contributed by atoms with van der Waals surface area (Å²) in [7, 11) is 3.67. The summed E-state index contributed by atoms with van der Waals surface area (Å²) in [5.41, 5.74) is 0. The minimum absolute atomic E-state index is 0.375. The van der Waals surface area contributed by atoms with Crippen LogP contribution in [-0.4, -0.2) is 31.5 Å². The van der Waals surface area contributed by atoms with Crippen LogP contribution in [0.25, 0.3) is 0 Å². The summed E-state index contributed by atoms with van der Waals surface area (Å²) in [6.45, 7) is 2.18. The zero-order valence-electron chi connectivity index (χ0n) is 6.05. The summed E-state index contributed by atoms with van der Waals surface area (Å²) in [6, 6.07) is 0. The number of hydrogen-bond acceptors (Lipinski definition) is 3. The molecule has 0 spiro atoms. The molecule has 0 aliphatic carbocycles. The first-order chi connectivity index (χ1) is 4.04. The van der Waals surface area contributed by atoms with E-state index < -0.39 is 5.97 Å². The van der Waals surface area contributed by atoms with Crippen LogP contribution in [-0.2, 0) is 4.79 Å². The first-order valence-electron chi connectivity index (χ1n) is 2.89. The van der Waals surface area contributed by atoms with Crippen LogP contribution in [0.4, 0.5) is 0 Å². The predicted molar refractivity (Wildman–Crippen MR) is 32.7 cm³/mol. The minimum atomic E-state index is -0.983. The van der Waals surface area contributed by atoms with Gasteiger partial charge in [0.15, 0.2) is 0 Å². The molecular formula is C6H12NO2-. The molecule has 0 bridgehead atoms. The fourth-order valence-corrected chi connectivity index (χ4v) is 0.622. The molecule has 0 rings (SSSR count). The number of carboxylic acids is 1. The third-order valence-corrected chi connectivity index (χ3v) is 1.04. The fourth-order valence-electron chi connectivity index (χ4n) is 0.622. The maximum atomic E-state index is 10.1. The summed E-state index contributed by atoms with van der Waals surface area (Å²) in [5, 5.41) is 10.1. The molecule has 3 nitrogen and oxygen atoms in total. The van der Waals surface area contributed by atoms with E-state index in [4.69, 9.17) is 0 Å². The Bertz CT molecular complexity index is 101. The normalized spacial score (nSPS) is 13.8. The molecule has 0 aliphatic heterocycles. The summed E-state index contributed by atoms with van der Waals surface area (Å²) in [4.78, 5) is 11.9. The Balaban J connectivity index is 3.50. The molecule has 1 atom stereocenters. The molecule has 0 aliphatic rings. The predicted octanol–water partition coefficient (Wildman–Crippen LogP) is -1.07. The van der Waals surface area contributed by atoms with Gasteiger partial charge in [-0.1, -0.05) is 6.92 Å². The van der Waals surface area contributed by atoms with E-state index in [1.807, 2.05) is 19.0 Å². The average molecular weight is 130 g/mol. The number of carboxylic acid groups (broad SMARTS) is 1. The highest BCUT2D eigenvalue weighted by Crippen LogP contribution is 1.92. The van der Waals surface area contributed by atoms with Gasteiger partial charge >= 0.3 is 0 Å². The van der Waals surface area contributed by atoms with E-state index in [-0.39, 0.29) is 5.92 Å². The van der Waals surface area contributed by atoms with Crippen LogP contribution in [0.15, 0.2) is 0 Å². The molecule has 1 unspecified atom stereocenters. The molecule has 0 amide bonds. The molecule has 0 aromatic rings. The first-order valence-corrected chi connectivity index (χ1v) is 2.89. The van der Waals surface area contributed by atoms with Crippen molar-refractivity contribution in [3.8, 4) is 0 Å². The van der Waals surface area contributed by atoms with E-state index >= 15 is 0 Å². The third kappa shape index (κ3) is 3.97. The van der Waals surface area contributed by atoms with Crippen LogP contribution in [0.5, 0.6) is 0 Å². The number of nitrogens with zero attached hydrogens (tertiary/aromatic N) is 1. The van der Waals surface area contributed by atoms with Crippen molar-refractivity contribution in [3.05, 3.63) is 0 Å². The maximum Gasteiger partial charge on any atom is 0.0455 e. The highest BCUT2D eigenvalue weighted by atomic mass is 16.4. The first kappa shape index (κ1) is 8.43. The maximum absolute atomic E-state index is 10.1. The van der Waals surface area contributed by atoms with Crippen molar-refractivity contribution in [2.75, 3.05) is 20.6 Å². The van der Waals surface area contributed by atoms with Crippen molar-refractivity contribution in [3.63, 3.8) is 0 Å². The lowest BCUT2D eigenvalue weighted by molar-refractivity contribution is -0.311. The molecular weight excluding hydrogens is 118 g/mol. The number of carbonyl (C=O) groups excluding carboxylic acids is 1. The van der Waals surface area contributed by atoms with Gasteiger partial charge in [-0.15, -0.1) is 0 Å². The van der Waals surface area contributed by atoms with Crippen LogP contribution in [0.2, 0.25) is 0 Å². The summed E-state index contributed by atoms with van der Waals surface area (Å²) < 4.78 is 0. The lowest BCUT2D eigenvalue weighted by Crippen LogP contribution is -2.35. The van der Waals surface area contributed by atoms with Gasteiger partial charge in [0.05, 0.1) is 0 Å². The molecule has 0 fully saturated rings. The zero-order chi connectivity index (χ0) is 7.44. The van der Waals surface area contributed by atoms with Crippen molar-refractivity contribution < 1.29 is 9.90 Å². The Labute approximate surface area is 55.3 Å². The van der Waals surface area contributed by atoms with Crippen molar-refractivity contribution in [2.24, 2.45) is 5.92 Å². The van der Waals surface area contributed by atoms with Gasteiger partial charge in [-0.25, -0.2) is 0 Å². The van der Waals surface area contributed by atoms with E-state index in [0.29, 0.717) is 6.54 Å². The second-order valence-corrected chi connectivity index (χ2v) is 2.48. The molecule has 9 heavy (non-hydrogen) atoms. The van der Waals surface area contributed by atoms with Gasteiger partial charge in [0.25, 0.3) is 0 Å². The van der Waals surface area contributed by atoms with Gasteiger partial charge in [-0.2, -0.15) is 0 Å². The van der Waals surface area contributed by atoms with Gasteiger partial charge in [0, 0.05) is 18.4 Å². The Morgan fingerprint density at radius 3 is 2.22 bits per heavy atom. The Morgan fingerprint density at radius 1 is 1.67 bits per heavy atom. The summed E-state index contributed by atoms with van der Waals surface area (Å²) in [6.07, 6.45) is 0. The molecule has 0 radical (unpaired) electrons. The van der Waals surface area contributed by atoms with Crippen molar-refractivity contribution in [1.82, 2.24) is 4.90 Å². The summed E-state index contributed by atoms with van der Waals surface area (Å²) in [5.74, 6) is -1.36. The largest absolute Gasteiger partial charge is 0.550 e. The second kappa shape index (κ2) is 3.45. The topological polar surface area (TPSA) is 43.4 Å². The van der Waals surface area contributed by atoms with Crippen LogP contribution in [0.3, 0.4) is 0 Å². The molecule has 0 saturated heterocycles. The van der Waals surface area contributed by atoms with Crippen LogP contribution in [0, 0.1) is 5.92 Å². The van der Waals surface area contributed by atoms with E-state index in [1.54, 1.807) is 6.92 Å². The molecule has 0 aromatic carbocycles. The minimum Gasteiger partial charge on any atom is -0.550 e. The van der Waals surface area contributed by atoms with Crippen molar-refractivity contribution >= 4 is 5.97 Å². The van der Waals surface area contributed by atoms with Gasteiger partial charge in [-0.3, -0.25) is 0 Å². The van der Waals surface area contributed by atoms with Crippen LogP contribution >= 0.6 is 0 Å². The SMILES string of the molecule is CC(CN(C)C)C(=O)[O-]. The fraction of sp³-hybridized carbons (Fsp3) is 0.833. The van der Waals surface area contributed by atoms with Crippen molar-refractivity contribution in [1.29, 1.82) is 0 Å². The van der Waals surface area contributed by atoms with Crippen molar-refractivity contribution in [2.45, 2.75) is 6.92 Å². The molecule has 3 heteroatoms. The second-order valence-electron chi connectivity index (χ2n) is 2.48. The molecule has 0 heterocycles. The Morgan fingerprint density at radius 2 is 2.11 bits per heavy atom. The van der Waals surface area contributed by atoms with E-state index in [0.717, 1.165) is 0 Å². The average Bonchev–Trinajstić information content (AvgIpc) is 1.63. The third-order valence-electron chi connectivity index (χ3n) is 1.04. The number of aliphatic carboxylic acids is 1. The molecule has 0 saturated carbocycles. The highest BCUT2D eigenvalue weighted by molar-refractivity contribution is 5.67. The number of rotatable bonds is 3. The molecule has 0 aromatic heterocycles. The van der Waals surface area contributed by atoms with E-state index in [1.165, 1.54) is 0 Å². The van der Waals surface area contributed by atoms with Gasteiger partial charge in [0.1, 0.15) is 0 Å². The smallest absolute Gasteiger partial charge is 0.0455 e. The van der Waals surface area contributed by atoms with Crippen LogP contribution in [0.1, 0.15) is 6.92 Å².